The van der Waals surface area contributed by atoms with E-state index < -0.39 is 0 Å². The summed E-state index contributed by atoms with van der Waals surface area (Å²) in [5.74, 6) is 1.46. The number of anilines is 1. The second-order valence-electron chi connectivity index (χ2n) is 3.71. The molecule has 1 heterocycles. The number of hydrogen-bond acceptors (Lipinski definition) is 4. The molecule has 18 heavy (non-hydrogen) atoms. The lowest BCUT2D eigenvalue weighted by molar-refractivity contribution is 0.296. The Hall–Kier alpha value is -1.52. The molecule has 0 saturated heterocycles. The van der Waals surface area contributed by atoms with Crippen LogP contribution in [-0.4, -0.2) is 9.97 Å². The highest BCUT2D eigenvalue weighted by molar-refractivity contribution is 6.35. The summed E-state index contributed by atoms with van der Waals surface area (Å²) in [7, 11) is 0. The molecule has 2 aromatic rings. The van der Waals surface area contributed by atoms with Crippen molar-refractivity contribution < 1.29 is 4.74 Å². The van der Waals surface area contributed by atoms with Crippen molar-refractivity contribution in [3.05, 3.63) is 45.8 Å². The van der Waals surface area contributed by atoms with Crippen molar-refractivity contribution in [1.29, 1.82) is 0 Å². The molecule has 0 aliphatic carbocycles. The van der Waals surface area contributed by atoms with Gasteiger partial charge in [-0.1, -0.05) is 23.2 Å². The molecule has 0 aliphatic heterocycles. The third-order valence-electron chi connectivity index (χ3n) is 2.17. The summed E-state index contributed by atoms with van der Waals surface area (Å²) in [5.41, 5.74) is 6.42. The molecular weight excluding hydrogens is 273 g/mol. The van der Waals surface area contributed by atoms with Crippen molar-refractivity contribution in [3.63, 3.8) is 0 Å². The summed E-state index contributed by atoms with van der Waals surface area (Å²) in [5, 5.41) is 1.01. The third kappa shape index (κ3) is 3.24. The molecule has 4 nitrogen and oxygen atoms in total. The summed E-state index contributed by atoms with van der Waals surface area (Å²) < 4.78 is 5.52. The first-order valence-electron chi connectivity index (χ1n) is 5.22. The van der Waals surface area contributed by atoms with Crippen molar-refractivity contribution in [2.75, 3.05) is 5.73 Å². The molecule has 2 rings (SSSR count). The Morgan fingerprint density at radius 3 is 2.67 bits per heavy atom. The predicted octanol–water partition coefficient (Wildman–Crippen LogP) is 3.25. The smallest absolute Gasteiger partial charge is 0.168 e. The Morgan fingerprint density at radius 2 is 2.00 bits per heavy atom. The van der Waals surface area contributed by atoms with Crippen LogP contribution in [0.4, 0.5) is 5.82 Å². The number of halogens is 2. The summed E-state index contributed by atoms with van der Waals surface area (Å²) in [6.45, 7) is 2.05. The number of nitrogens with two attached hydrogens (primary N) is 1. The molecule has 2 N–H and O–H groups in total. The quantitative estimate of drug-likeness (QED) is 0.939. The minimum absolute atomic E-state index is 0.202. The van der Waals surface area contributed by atoms with E-state index in [1.807, 2.05) is 6.92 Å². The molecule has 0 spiro atoms. The predicted molar refractivity (Wildman–Crippen MR) is 72.0 cm³/mol. The van der Waals surface area contributed by atoms with Crippen molar-refractivity contribution >= 4 is 29.0 Å². The van der Waals surface area contributed by atoms with E-state index in [0.29, 0.717) is 27.4 Å². The number of nitrogen functional groups attached to an aromatic ring is 1. The normalized spacial score (nSPS) is 10.4. The molecule has 1 aromatic heterocycles. The van der Waals surface area contributed by atoms with Crippen LogP contribution in [-0.2, 0) is 6.61 Å². The van der Waals surface area contributed by atoms with E-state index in [0.717, 1.165) is 5.69 Å². The first-order valence-corrected chi connectivity index (χ1v) is 5.98. The second kappa shape index (κ2) is 5.42. The zero-order valence-corrected chi connectivity index (χ0v) is 11.2. The van der Waals surface area contributed by atoms with Gasteiger partial charge in [0, 0.05) is 16.8 Å². The van der Waals surface area contributed by atoms with Crippen LogP contribution in [0, 0.1) is 6.92 Å². The van der Waals surface area contributed by atoms with E-state index in [1.165, 1.54) is 0 Å². The molecule has 0 aliphatic rings. The van der Waals surface area contributed by atoms with Gasteiger partial charge in [0.1, 0.15) is 18.2 Å². The standard InChI is InChI=1S/C12H11Cl2N3O/c1-7-4-11(15)17-12(16-7)6-18-10-3-2-8(13)5-9(10)14/h2-5H,6H2,1H3,(H2,15,16,17). The van der Waals surface area contributed by atoms with Gasteiger partial charge in [0.05, 0.1) is 5.02 Å². The Bertz CT molecular complexity index is 555. The minimum atomic E-state index is 0.202. The molecule has 94 valence electrons. The number of rotatable bonds is 3. The topological polar surface area (TPSA) is 61.0 Å². The maximum atomic E-state index is 5.98. The highest BCUT2D eigenvalue weighted by Crippen LogP contribution is 2.27. The van der Waals surface area contributed by atoms with Crippen LogP contribution in [0.3, 0.4) is 0 Å². The number of aryl methyl sites for hydroxylation is 1. The van der Waals surface area contributed by atoms with Gasteiger partial charge in [0.25, 0.3) is 0 Å². The highest BCUT2D eigenvalue weighted by Gasteiger charge is 2.05. The Labute approximate surface area is 115 Å². The SMILES string of the molecule is Cc1cc(N)nc(COc2ccc(Cl)cc2Cl)n1. The molecule has 0 fully saturated rings. The van der Waals surface area contributed by atoms with Gasteiger partial charge < -0.3 is 10.5 Å². The largest absolute Gasteiger partial charge is 0.484 e. The minimum Gasteiger partial charge on any atom is -0.484 e. The zero-order valence-electron chi connectivity index (χ0n) is 9.65. The highest BCUT2D eigenvalue weighted by atomic mass is 35.5. The van der Waals surface area contributed by atoms with Crippen molar-refractivity contribution in [2.24, 2.45) is 0 Å². The lowest BCUT2D eigenvalue weighted by Gasteiger charge is -2.08. The Balaban J connectivity index is 2.11. The van der Waals surface area contributed by atoms with Gasteiger partial charge >= 0.3 is 0 Å². The van der Waals surface area contributed by atoms with Gasteiger partial charge in [0.15, 0.2) is 5.82 Å². The van der Waals surface area contributed by atoms with E-state index >= 15 is 0 Å². The van der Waals surface area contributed by atoms with E-state index in [4.69, 9.17) is 33.7 Å². The third-order valence-corrected chi connectivity index (χ3v) is 2.70. The summed E-state index contributed by atoms with van der Waals surface area (Å²) in [6, 6.07) is 6.71. The van der Waals surface area contributed by atoms with Crippen LogP contribution < -0.4 is 10.5 Å². The molecule has 6 heteroatoms. The number of nitrogens with zero attached hydrogens (tertiary/aromatic N) is 2. The molecule has 0 amide bonds. The number of ether oxygens (including phenoxy) is 1. The van der Waals surface area contributed by atoms with Crippen LogP contribution in [0.2, 0.25) is 10.0 Å². The average molecular weight is 284 g/mol. The molecule has 0 radical (unpaired) electrons. The van der Waals surface area contributed by atoms with Crippen LogP contribution >= 0.6 is 23.2 Å². The lowest BCUT2D eigenvalue weighted by atomic mass is 10.3. The fourth-order valence-corrected chi connectivity index (χ4v) is 1.92. The molecule has 0 unspecified atom stereocenters. The van der Waals surface area contributed by atoms with E-state index in [-0.39, 0.29) is 6.61 Å². The lowest BCUT2D eigenvalue weighted by Crippen LogP contribution is -2.05. The average Bonchev–Trinajstić information content (AvgIpc) is 2.26. The first kappa shape index (κ1) is 12.9. The van der Waals surface area contributed by atoms with Gasteiger partial charge in [-0.3, -0.25) is 0 Å². The van der Waals surface area contributed by atoms with Gasteiger partial charge in [-0.15, -0.1) is 0 Å². The Morgan fingerprint density at radius 1 is 1.22 bits per heavy atom. The van der Waals surface area contributed by atoms with Crippen LogP contribution in [0.5, 0.6) is 5.75 Å². The maximum Gasteiger partial charge on any atom is 0.168 e. The Kier molecular flexibility index (Phi) is 3.89. The molecule has 0 bridgehead atoms. The molecular formula is C12H11Cl2N3O. The van der Waals surface area contributed by atoms with Crippen molar-refractivity contribution in [2.45, 2.75) is 13.5 Å². The van der Waals surface area contributed by atoms with Gasteiger partial charge in [-0.2, -0.15) is 0 Å². The fraction of sp³-hybridized carbons (Fsp3) is 0.167. The van der Waals surface area contributed by atoms with Crippen molar-refractivity contribution in [3.8, 4) is 5.75 Å². The van der Waals surface area contributed by atoms with Gasteiger partial charge in [-0.05, 0) is 25.1 Å². The zero-order chi connectivity index (χ0) is 13.1. The van der Waals surface area contributed by atoms with Crippen molar-refractivity contribution in [1.82, 2.24) is 9.97 Å². The first-order chi connectivity index (χ1) is 8.54. The summed E-state index contributed by atoms with van der Waals surface area (Å²) in [4.78, 5) is 8.28. The van der Waals surface area contributed by atoms with E-state index in [9.17, 15) is 0 Å². The fourth-order valence-electron chi connectivity index (χ4n) is 1.46. The number of hydrogen-bond donors (Lipinski definition) is 1. The van der Waals surface area contributed by atoms with Gasteiger partial charge in [0.2, 0.25) is 0 Å². The summed E-state index contributed by atoms with van der Waals surface area (Å²) >= 11 is 11.8. The maximum absolute atomic E-state index is 5.98. The van der Waals surface area contributed by atoms with Crippen LogP contribution in [0.15, 0.2) is 24.3 Å². The monoisotopic (exact) mass is 283 g/mol. The van der Waals surface area contributed by atoms with Gasteiger partial charge in [-0.25, -0.2) is 9.97 Å². The number of aromatic nitrogens is 2. The van der Waals surface area contributed by atoms with Crippen LogP contribution in [0.25, 0.3) is 0 Å². The molecule has 0 saturated carbocycles. The van der Waals surface area contributed by atoms with E-state index in [1.54, 1.807) is 24.3 Å². The molecule has 1 aromatic carbocycles. The number of benzene rings is 1. The second-order valence-corrected chi connectivity index (χ2v) is 4.56. The molecule has 0 atom stereocenters. The van der Waals surface area contributed by atoms with Crippen LogP contribution in [0.1, 0.15) is 11.5 Å². The summed E-state index contributed by atoms with van der Waals surface area (Å²) in [6.07, 6.45) is 0. The van der Waals surface area contributed by atoms with E-state index in [2.05, 4.69) is 9.97 Å².